The van der Waals surface area contributed by atoms with Crippen LogP contribution in [0.5, 0.6) is 0 Å². The van der Waals surface area contributed by atoms with Crippen LogP contribution in [0.2, 0.25) is 0 Å². The second-order valence-electron chi connectivity index (χ2n) is 3.94. The number of hydrogen-bond acceptors (Lipinski definition) is 3. The van der Waals surface area contributed by atoms with E-state index in [1.165, 1.54) is 4.90 Å². The molecule has 16 heavy (non-hydrogen) atoms. The van der Waals surface area contributed by atoms with Crippen molar-refractivity contribution in [2.45, 2.75) is 18.9 Å². The molecule has 0 radical (unpaired) electrons. The van der Waals surface area contributed by atoms with Crippen molar-refractivity contribution in [2.75, 3.05) is 33.8 Å². The van der Waals surface area contributed by atoms with Crippen molar-refractivity contribution < 1.29 is 19.4 Å². The molecule has 1 aliphatic heterocycles. The third-order valence-electron chi connectivity index (χ3n) is 2.74. The summed E-state index contributed by atoms with van der Waals surface area (Å²) in [4.78, 5) is 25.3. The Labute approximate surface area is 94.8 Å². The first-order valence-electron chi connectivity index (χ1n) is 5.29. The maximum Gasteiger partial charge on any atom is 0.319 e. The fraction of sp³-hybridized carbons (Fsp3) is 0.800. The van der Waals surface area contributed by atoms with Crippen molar-refractivity contribution in [3.8, 4) is 0 Å². The van der Waals surface area contributed by atoms with Crippen molar-refractivity contribution in [1.29, 1.82) is 0 Å². The topological polar surface area (TPSA) is 70.1 Å². The first kappa shape index (κ1) is 12.8. The largest absolute Gasteiger partial charge is 0.481 e. The fourth-order valence-corrected chi connectivity index (χ4v) is 1.69. The summed E-state index contributed by atoms with van der Waals surface area (Å²) in [5.41, 5.74) is 0. The summed E-state index contributed by atoms with van der Waals surface area (Å²) in [6.07, 6.45) is 0.926. The summed E-state index contributed by atoms with van der Waals surface area (Å²) in [5, 5.41) is 8.52. The number of likely N-dealkylation sites (tertiary alicyclic amines) is 1. The van der Waals surface area contributed by atoms with Gasteiger partial charge in [-0.15, -0.1) is 0 Å². The second kappa shape index (κ2) is 5.69. The predicted molar refractivity (Wildman–Crippen MR) is 57.3 cm³/mol. The highest BCUT2D eigenvalue weighted by atomic mass is 16.5. The second-order valence-corrected chi connectivity index (χ2v) is 3.94. The molecule has 0 aromatic rings. The molecule has 2 amide bonds. The number of amides is 2. The maximum atomic E-state index is 11.8. The van der Waals surface area contributed by atoms with Crippen LogP contribution in [0.4, 0.5) is 4.79 Å². The lowest BCUT2D eigenvalue weighted by molar-refractivity contribution is -0.137. The molecule has 1 saturated heterocycles. The molecule has 0 aliphatic carbocycles. The van der Waals surface area contributed by atoms with Gasteiger partial charge in [-0.05, 0) is 6.42 Å². The Morgan fingerprint density at radius 1 is 1.56 bits per heavy atom. The number of carboxylic acid groups (broad SMARTS) is 1. The molecule has 0 aromatic carbocycles. The monoisotopic (exact) mass is 230 g/mol. The Kier molecular flexibility index (Phi) is 4.54. The van der Waals surface area contributed by atoms with E-state index in [0.717, 1.165) is 6.42 Å². The average molecular weight is 230 g/mol. The molecule has 0 bridgehead atoms. The van der Waals surface area contributed by atoms with Crippen molar-refractivity contribution in [1.82, 2.24) is 9.80 Å². The quantitative estimate of drug-likeness (QED) is 0.750. The SMILES string of the molecule is COC1CCN(C(=O)N(C)CCC(=O)O)C1. The number of carbonyl (C=O) groups excluding carboxylic acids is 1. The lowest BCUT2D eigenvalue weighted by atomic mass is 10.3. The lowest BCUT2D eigenvalue weighted by Crippen LogP contribution is -2.41. The van der Waals surface area contributed by atoms with E-state index >= 15 is 0 Å². The standard InChI is InChI=1S/C10H18N2O4/c1-11(5-4-9(13)14)10(15)12-6-3-8(7-12)16-2/h8H,3-7H2,1-2H3,(H,13,14). The minimum Gasteiger partial charge on any atom is -0.481 e. The van der Waals surface area contributed by atoms with Gasteiger partial charge in [0.25, 0.3) is 0 Å². The summed E-state index contributed by atoms with van der Waals surface area (Å²) in [6.45, 7) is 1.50. The van der Waals surface area contributed by atoms with Gasteiger partial charge in [-0.2, -0.15) is 0 Å². The summed E-state index contributed by atoms with van der Waals surface area (Å²) in [5.74, 6) is -0.893. The number of aliphatic carboxylic acids is 1. The van der Waals surface area contributed by atoms with Crippen molar-refractivity contribution >= 4 is 12.0 Å². The highest BCUT2D eigenvalue weighted by Gasteiger charge is 2.27. The summed E-state index contributed by atoms with van der Waals surface area (Å²) in [6, 6.07) is -0.124. The molecular weight excluding hydrogens is 212 g/mol. The third-order valence-corrected chi connectivity index (χ3v) is 2.74. The third kappa shape index (κ3) is 3.37. The van der Waals surface area contributed by atoms with Crippen LogP contribution < -0.4 is 0 Å². The first-order valence-corrected chi connectivity index (χ1v) is 5.29. The summed E-state index contributed by atoms with van der Waals surface area (Å²) < 4.78 is 5.16. The molecule has 1 unspecified atom stereocenters. The van der Waals surface area contributed by atoms with Gasteiger partial charge in [0.05, 0.1) is 12.5 Å². The van der Waals surface area contributed by atoms with E-state index in [1.54, 1.807) is 19.1 Å². The van der Waals surface area contributed by atoms with Gasteiger partial charge in [-0.3, -0.25) is 4.79 Å². The molecule has 6 heteroatoms. The Morgan fingerprint density at radius 3 is 2.75 bits per heavy atom. The Hall–Kier alpha value is -1.30. The molecule has 0 aromatic heterocycles. The van der Waals surface area contributed by atoms with Gasteiger partial charge in [-0.1, -0.05) is 0 Å². The van der Waals surface area contributed by atoms with E-state index in [2.05, 4.69) is 0 Å². The number of methoxy groups -OCH3 is 1. The van der Waals surface area contributed by atoms with Crippen LogP contribution in [0, 0.1) is 0 Å². The van der Waals surface area contributed by atoms with Gasteiger partial charge in [0.15, 0.2) is 0 Å². The Morgan fingerprint density at radius 2 is 2.25 bits per heavy atom. The first-order chi connectivity index (χ1) is 7.54. The molecule has 0 spiro atoms. The van der Waals surface area contributed by atoms with Crippen LogP contribution >= 0.6 is 0 Å². The van der Waals surface area contributed by atoms with Crippen molar-refractivity contribution in [2.24, 2.45) is 0 Å². The van der Waals surface area contributed by atoms with Crippen LogP contribution in [-0.2, 0) is 9.53 Å². The predicted octanol–water partition coefficient (Wildman–Crippen LogP) is 0.234. The molecule has 92 valence electrons. The number of ether oxygens (including phenoxy) is 1. The van der Waals surface area contributed by atoms with Gasteiger partial charge in [0.1, 0.15) is 0 Å². The normalized spacial score (nSPS) is 19.9. The van der Waals surface area contributed by atoms with Gasteiger partial charge >= 0.3 is 12.0 Å². The van der Waals surface area contributed by atoms with E-state index in [4.69, 9.17) is 9.84 Å². The smallest absolute Gasteiger partial charge is 0.319 e. The molecule has 6 nitrogen and oxygen atoms in total. The Balaban J connectivity index is 2.36. The van der Waals surface area contributed by atoms with Crippen LogP contribution in [0.25, 0.3) is 0 Å². The van der Waals surface area contributed by atoms with Gasteiger partial charge in [-0.25, -0.2) is 4.79 Å². The van der Waals surface area contributed by atoms with Crippen LogP contribution in [0.1, 0.15) is 12.8 Å². The van der Waals surface area contributed by atoms with E-state index in [9.17, 15) is 9.59 Å². The zero-order valence-electron chi connectivity index (χ0n) is 9.68. The van der Waals surface area contributed by atoms with Crippen LogP contribution in [-0.4, -0.2) is 66.8 Å². The van der Waals surface area contributed by atoms with E-state index in [0.29, 0.717) is 13.1 Å². The van der Waals surface area contributed by atoms with Crippen LogP contribution in [0.3, 0.4) is 0 Å². The fourth-order valence-electron chi connectivity index (χ4n) is 1.69. The van der Waals surface area contributed by atoms with Crippen molar-refractivity contribution in [3.63, 3.8) is 0 Å². The van der Waals surface area contributed by atoms with E-state index in [1.807, 2.05) is 0 Å². The number of rotatable bonds is 4. The van der Waals surface area contributed by atoms with E-state index in [-0.39, 0.29) is 25.1 Å². The molecule has 1 atom stereocenters. The number of carbonyl (C=O) groups is 2. The van der Waals surface area contributed by atoms with Gasteiger partial charge in [0, 0.05) is 33.8 Å². The Bertz CT molecular complexity index is 270. The zero-order chi connectivity index (χ0) is 12.1. The molecule has 0 saturated carbocycles. The minimum atomic E-state index is -0.893. The highest BCUT2D eigenvalue weighted by Crippen LogP contribution is 2.13. The van der Waals surface area contributed by atoms with E-state index < -0.39 is 5.97 Å². The molecule has 1 fully saturated rings. The number of nitrogens with zero attached hydrogens (tertiary/aromatic N) is 2. The lowest BCUT2D eigenvalue weighted by Gasteiger charge is -2.23. The highest BCUT2D eigenvalue weighted by molar-refractivity contribution is 5.75. The van der Waals surface area contributed by atoms with Gasteiger partial charge < -0.3 is 19.6 Å². The summed E-state index contributed by atoms with van der Waals surface area (Å²) in [7, 11) is 3.25. The minimum absolute atomic E-state index is 0.0240. The maximum absolute atomic E-state index is 11.8. The number of carboxylic acids is 1. The molecule has 1 aliphatic rings. The number of urea groups is 1. The average Bonchev–Trinajstić information content (AvgIpc) is 2.73. The zero-order valence-corrected chi connectivity index (χ0v) is 9.68. The van der Waals surface area contributed by atoms with Crippen LogP contribution in [0.15, 0.2) is 0 Å². The molecule has 1 N–H and O–H groups in total. The molecule has 1 heterocycles. The number of hydrogen-bond donors (Lipinski definition) is 1. The van der Waals surface area contributed by atoms with Gasteiger partial charge in [0.2, 0.25) is 0 Å². The molecular formula is C10H18N2O4. The summed E-state index contributed by atoms with van der Waals surface area (Å²) >= 11 is 0. The van der Waals surface area contributed by atoms with Crippen molar-refractivity contribution in [3.05, 3.63) is 0 Å². The molecule has 1 rings (SSSR count).